The molecule has 1 saturated carbocycles. The predicted octanol–water partition coefficient (Wildman–Crippen LogP) is -0.351. The number of anilines is 1. The molecule has 3 aliphatic carbocycles. The van der Waals surface area contributed by atoms with Crippen molar-refractivity contribution < 1.29 is 44.7 Å². The highest BCUT2D eigenvalue weighted by Gasteiger charge is 2.68. The number of carbonyl (C=O) groups is 4. The van der Waals surface area contributed by atoms with Crippen molar-refractivity contribution in [3.63, 3.8) is 0 Å². The Morgan fingerprint density at radius 2 is 1.75 bits per heavy atom. The molecule has 40 heavy (non-hydrogen) atoms. The SMILES string of the molecule is C[C@H]1c2cc(Cl)c(NC(=O)CN(C)C)c(O)c2C(O)=C2C(=O)[C@]3(O)C(O)=C(C(N)=O)C(=O)[C@@H](N(C)C)[C@@H]3[C@@H](O)[C@@H]21. The normalized spacial score (nSPS) is 29.9. The van der Waals surface area contributed by atoms with Crippen LogP contribution in [0.1, 0.15) is 24.0 Å². The van der Waals surface area contributed by atoms with Crippen LogP contribution in [0.15, 0.2) is 23.0 Å². The number of ketones is 2. The van der Waals surface area contributed by atoms with Gasteiger partial charge in [-0.1, -0.05) is 18.5 Å². The number of nitrogens with two attached hydrogens (primary N) is 1. The van der Waals surface area contributed by atoms with E-state index in [1.54, 1.807) is 25.9 Å². The van der Waals surface area contributed by atoms with Crippen LogP contribution >= 0.6 is 11.6 Å². The number of primary amides is 1. The molecule has 1 aromatic rings. The molecular formula is C26H31ClN4O9. The number of rotatable bonds is 5. The highest BCUT2D eigenvalue weighted by molar-refractivity contribution is 6.34. The van der Waals surface area contributed by atoms with E-state index in [1.807, 2.05) is 0 Å². The molecule has 0 radical (unpaired) electrons. The summed E-state index contributed by atoms with van der Waals surface area (Å²) in [5.74, 6) is -10.8. The molecule has 0 aliphatic heterocycles. The number of halogens is 1. The Balaban J connectivity index is 1.98. The molecule has 8 N–H and O–H groups in total. The van der Waals surface area contributed by atoms with Crippen LogP contribution in [0.25, 0.3) is 5.76 Å². The lowest BCUT2D eigenvalue weighted by atomic mass is 9.54. The van der Waals surface area contributed by atoms with Crippen molar-refractivity contribution in [1.82, 2.24) is 9.80 Å². The Bertz CT molecular complexity index is 1420. The van der Waals surface area contributed by atoms with Crippen molar-refractivity contribution in [3.8, 4) is 5.75 Å². The number of aliphatic hydroxyl groups is 4. The number of phenols is 1. The molecule has 4 rings (SSSR count). The maximum atomic E-state index is 14.0. The van der Waals surface area contributed by atoms with Gasteiger partial charge in [0, 0.05) is 11.5 Å². The maximum absolute atomic E-state index is 14.0. The number of Topliss-reactive ketones (excluding diaryl/α,β-unsaturated/α-hetero) is 2. The highest BCUT2D eigenvalue weighted by atomic mass is 35.5. The van der Waals surface area contributed by atoms with Crippen LogP contribution in [0.4, 0.5) is 5.69 Å². The average Bonchev–Trinajstić information content (AvgIpc) is 2.83. The van der Waals surface area contributed by atoms with Gasteiger partial charge in [-0.15, -0.1) is 0 Å². The summed E-state index contributed by atoms with van der Waals surface area (Å²) >= 11 is 6.39. The fourth-order valence-corrected chi connectivity index (χ4v) is 6.48. The van der Waals surface area contributed by atoms with E-state index >= 15 is 0 Å². The van der Waals surface area contributed by atoms with Gasteiger partial charge in [0.2, 0.25) is 11.7 Å². The highest BCUT2D eigenvalue weighted by Crippen LogP contribution is 2.57. The molecule has 216 valence electrons. The first-order valence-corrected chi connectivity index (χ1v) is 12.7. The molecule has 0 heterocycles. The zero-order chi connectivity index (χ0) is 30.2. The summed E-state index contributed by atoms with van der Waals surface area (Å²) in [6.07, 6.45) is -1.73. The summed E-state index contributed by atoms with van der Waals surface area (Å²) in [4.78, 5) is 54.6. The predicted molar refractivity (Wildman–Crippen MR) is 143 cm³/mol. The second-order valence-corrected chi connectivity index (χ2v) is 11.3. The Morgan fingerprint density at radius 3 is 2.27 bits per heavy atom. The number of fused-ring (bicyclic) bond motifs is 3. The van der Waals surface area contributed by atoms with Crippen molar-refractivity contribution in [1.29, 1.82) is 0 Å². The number of carbonyl (C=O) groups excluding carboxylic acids is 4. The molecule has 2 amide bonds. The van der Waals surface area contributed by atoms with E-state index in [1.165, 1.54) is 25.1 Å². The number of nitrogens with one attached hydrogen (secondary N) is 1. The number of phenolic OH excluding ortho intramolecular Hbond substituents is 1. The van der Waals surface area contributed by atoms with Crippen molar-refractivity contribution in [2.75, 3.05) is 40.1 Å². The van der Waals surface area contributed by atoms with E-state index in [0.717, 1.165) is 0 Å². The lowest BCUT2D eigenvalue weighted by Gasteiger charge is -2.53. The molecule has 0 spiro atoms. The molecule has 14 heteroatoms. The lowest BCUT2D eigenvalue weighted by Crippen LogP contribution is -2.70. The summed E-state index contributed by atoms with van der Waals surface area (Å²) in [6.45, 7) is 1.52. The van der Waals surface area contributed by atoms with Crippen LogP contribution in [0.5, 0.6) is 5.75 Å². The van der Waals surface area contributed by atoms with Gasteiger partial charge in [-0.3, -0.25) is 24.1 Å². The van der Waals surface area contributed by atoms with Crippen LogP contribution in [0.2, 0.25) is 5.02 Å². The van der Waals surface area contributed by atoms with Gasteiger partial charge in [-0.2, -0.15) is 0 Å². The van der Waals surface area contributed by atoms with Crippen LogP contribution in [0, 0.1) is 11.8 Å². The molecule has 1 aromatic carbocycles. The smallest absolute Gasteiger partial charge is 0.255 e. The van der Waals surface area contributed by atoms with E-state index in [4.69, 9.17) is 17.3 Å². The molecule has 0 unspecified atom stereocenters. The molecule has 13 nitrogen and oxygen atoms in total. The first-order chi connectivity index (χ1) is 18.5. The second-order valence-electron chi connectivity index (χ2n) is 10.9. The van der Waals surface area contributed by atoms with Gasteiger partial charge in [0.05, 0.1) is 35.2 Å². The van der Waals surface area contributed by atoms with Gasteiger partial charge in [0.25, 0.3) is 5.91 Å². The van der Waals surface area contributed by atoms with Crippen LogP contribution < -0.4 is 11.1 Å². The number of hydrogen-bond acceptors (Lipinski definition) is 11. The fourth-order valence-electron chi connectivity index (χ4n) is 6.23. The van der Waals surface area contributed by atoms with E-state index in [0.29, 0.717) is 0 Å². The molecule has 1 fully saturated rings. The Morgan fingerprint density at radius 1 is 1.15 bits per heavy atom. The summed E-state index contributed by atoms with van der Waals surface area (Å²) < 4.78 is 0. The van der Waals surface area contributed by atoms with Crippen molar-refractivity contribution in [2.24, 2.45) is 17.6 Å². The van der Waals surface area contributed by atoms with Gasteiger partial charge >= 0.3 is 0 Å². The van der Waals surface area contributed by atoms with E-state index in [-0.39, 0.29) is 28.4 Å². The topological polar surface area (TPSA) is 214 Å². The molecule has 0 saturated heterocycles. The number of benzene rings is 1. The summed E-state index contributed by atoms with van der Waals surface area (Å²) in [7, 11) is 6.15. The number of likely N-dealkylation sites (N-methyl/N-ethyl adjacent to an activating group) is 2. The molecular weight excluding hydrogens is 548 g/mol. The molecule has 0 aromatic heterocycles. The maximum Gasteiger partial charge on any atom is 0.255 e. The third kappa shape index (κ3) is 3.99. The van der Waals surface area contributed by atoms with Crippen LogP contribution in [-0.2, 0) is 19.2 Å². The fraction of sp³-hybridized carbons (Fsp3) is 0.462. The minimum absolute atomic E-state index is 0.0585. The largest absolute Gasteiger partial charge is 0.508 e. The van der Waals surface area contributed by atoms with E-state index in [2.05, 4.69) is 5.32 Å². The van der Waals surface area contributed by atoms with Gasteiger partial charge < -0.3 is 41.5 Å². The number of aromatic hydroxyl groups is 1. The lowest BCUT2D eigenvalue weighted by molar-refractivity contribution is -0.169. The Hall–Kier alpha value is -3.49. The van der Waals surface area contributed by atoms with E-state index < -0.39 is 87.3 Å². The number of nitrogens with zero attached hydrogens (tertiary/aromatic N) is 2. The van der Waals surface area contributed by atoms with Gasteiger partial charge in [-0.05, 0) is 45.7 Å². The third-order valence-electron chi connectivity index (χ3n) is 7.93. The average molecular weight is 579 g/mol. The summed E-state index contributed by atoms with van der Waals surface area (Å²) in [5, 5.41) is 59.2. The minimum Gasteiger partial charge on any atom is -0.508 e. The van der Waals surface area contributed by atoms with Gasteiger partial charge in [0.1, 0.15) is 22.8 Å². The van der Waals surface area contributed by atoms with Crippen molar-refractivity contribution in [3.05, 3.63) is 39.1 Å². The van der Waals surface area contributed by atoms with Crippen molar-refractivity contribution >= 4 is 46.4 Å². The van der Waals surface area contributed by atoms with Crippen LogP contribution in [-0.4, -0.2) is 111 Å². The Labute approximate surface area is 234 Å². The number of aliphatic hydroxyl groups excluding tert-OH is 3. The number of amides is 2. The molecule has 3 aliphatic rings. The third-order valence-corrected chi connectivity index (χ3v) is 8.23. The van der Waals surface area contributed by atoms with Crippen LogP contribution in [0.3, 0.4) is 0 Å². The minimum atomic E-state index is -3.02. The summed E-state index contributed by atoms with van der Waals surface area (Å²) in [5.41, 5.74) is 0.455. The zero-order valence-corrected chi connectivity index (χ0v) is 23.1. The van der Waals surface area contributed by atoms with Crippen molar-refractivity contribution in [2.45, 2.75) is 30.6 Å². The standard InChI is InChI=1S/C26H31ClN4O9/c1-8-9-6-10(27)17(29-11(32)7-30(2)3)21(35)13(9)19(33)14-12(8)20(34)16-18(31(4)5)22(36)15(25(28)39)24(38)26(16,40)23(14)37/h6,8,12,16,18,20,33-35,38,40H,7H2,1-5H3,(H2,28,39)(H,29,32)/t8-,12+,16+,18-,20-,26-/m0/s1. The summed E-state index contributed by atoms with van der Waals surface area (Å²) in [6, 6.07) is -0.0823. The Kier molecular flexibility index (Phi) is 7.27. The van der Waals surface area contributed by atoms with Gasteiger partial charge in [0.15, 0.2) is 17.1 Å². The molecule has 0 bridgehead atoms. The first-order valence-electron chi connectivity index (χ1n) is 12.3. The second kappa shape index (κ2) is 9.85. The quantitative estimate of drug-likeness (QED) is 0.177. The molecule has 6 atom stereocenters. The first kappa shape index (κ1) is 29.5. The van der Waals surface area contributed by atoms with E-state index in [9.17, 15) is 44.7 Å². The zero-order valence-electron chi connectivity index (χ0n) is 22.4. The number of hydrogen-bond donors (Lipinski definition) is 7. The van der Waals surface area contributed by atoms with Gasteiger partial charge in [-0.25, -0.2) is 0 Å². The monoisotopic (exact) mass is 578 g/mol.